The van der Waals surface area contributed by atoms with Gasteiger partial charge in [-0.15, -0.1) is 0 Å². The molecule has 0 saturated carbocycles. The number of hydrogen-bond donors (Lipinski definition) is 2. The average molecular weight is 283 g/mol. The minimum atomic E-state index is -0.890. The molecule has 0 aromatic heterocycles. The lowest BCUT2D eigenvalue weighted by Crippen LogP contribution is -2.15. The highest BCUT2D eigenvalue weighted by molar-refractivity contribution is 5.92. The Morgan fingerprint density at radius 3 is 2.52 bits per heavy atom. The molecule has 0 saturated heterocycles. The second-order valence-corrected chi connectivity index (χ2v) is 4.92. The summed E-state index contributed by atoms with van der Waals surface area (Å²) in [6.07, 6.45) is 0.247. The molecule has 2 N–H and O–H groups in total. The molecule has 2 aromatic rings. The van der Waals surface area contributed by atoms with Crippen LogP contribution in [-0.2, 0) is 22.4 Å². The summed E-state index contributed by atoms with van der Waals surface area (Å²) < 4.78 is 0. The van der Waals surface area contributed by atoms with Gasteiger partial charge in [0.05, 0.1) is 12.8 Å². The minimum absolute atomic E-state index is 0.0541. The van der Waals surface area contributed by atoms with Crippen molar-refractivity contribution in [3.8, 4) is 0 Å². The summed E-state index contributed by atoms with van der Waals surface area (Å²) in [4.78, 5) is 22.7. The van der Waals surface area contributed by atoms with Gasteiger partial charge in [-0.2, -0.15) is 0 Å². The van der Waals surface area contributed by atoms with Crippen molar-refractivity contribution in [2.75, 3.05) is 5.32 Å². The Hall–Kier alpha value is -2.62. The van der Waals surface area contributed by atoms with Crippen LogP contribution in [0.15, 0.2) is 48.5 Å². The average Bonchev–Trinajstić information content (AvgIpc) is 2.41. The van der Waals surface area contributed by atoms with Gasteiger partial charge in [-0.1, -0.05) is 36.4 Å². The summed E-state index contributed by atoms with van der Waals surface area (Å²) in [5, 5.41) is 11.6. The first kappa shape index (κ1) is 14.8. The summed E-state index contributed by atoms with van der Waals surface area (Å²) in [7, 11) is 0. The van der Waals surface area contributed by atoms with Gasteiger partial charge in [0.2, 0.25) is 5.91 Å². The lowest BCUT2D eigenvalue weighted by Gasteiger charge is -2.08. The quantitative estimate of drug-likeness (QED) is 0.886. The number of aryl methyl sites for hydroxylation is 1. The number of benzene rings is 2. The monoisotopic (exact) mass is 283 g/mol. The fraction of sp³-hybridized carbons (Fsp3) is 0.176. The zero-order valence-electron chi connectivity index (χ0n) is 11.8. The summed E-state index contributed by atoms with van der Waals surface area (Å²) in [5.74, 6) is -1.00. The number of hydrogen-bond acceptors (Lipinski definition) is 2. The molecule has 1 amide bonds. The van der Waals surface area contributed by atoms with Crippen LogP contribution >= 0.6 is 0 Å². The van der Waals surface area contributed by atoms with Gasteiger partial charge >= 0.3 is 5.97 Å². The van der Waals surface area contributed by atoms with E-state index in [1.807, 2.05) is 31.2 Å². The molecule has 0 atom stereocenters. The van der Waals surface area contributed by atoms with Crippen molar-refractivity contribution in [1.82, 2.24) is 0 Å². The first-order valence-electron chi connectivity index (χ1n) is 6.69. The maximum Gasteiger partial charge on any atom is 0.307 e. The third-order valence-corrected chi connectivity index (χ3v) is 3.18. The van der Waals surface area contributed by atoms with Gasteiger partial charge in [-0.3, -0.25) is 9.59 Å². The van der Waals surface area contributed by atoms with Crippen molar-refractivity contribution in [2.45, 2.75) is 19.8 Å². The fourth-order valence-corrected chi connectivity index (χ4v) is 2.12. The number of nitrogens with one attached hydrogen (secondary N) is 1. The zero-order chi connectivity index (χ0) is 15.2. The Morgan fingerprint density at radius 2 is 1.81 bits per heavy atom. The Labute approximate surface area is 123 Å². The topological polar surface area (TPSA) is 66.4 Å². The van der Waals surface area contributed by atoms with Crippen LogP contribution in [0.4, 0.5) is 5.69 Å². The van der Waals surface area contributed by atoms with Crippen molar-refractivity contribution >= 4 is 17.6 Å². The number of amides is 1. The molecule has 2 aromatic carbocycles. The van der Waals surface area contributed by atoms with E-state index in [1.54, 1.807) is 24.3 Å². The van der Waals surface area contributed by atoms with E-state index < -0.39 is 5.97 Å². The van der Waals surface area contributed by atoms with Crippen LogP contribution in [0, 0.1) is 6.92 Å². The van der Waals surface area contributed by atoms with Gasteiger partial charge in [0, 0.05) is 5.69 Å². The maximum atomic E-state index is 12.0. The Bertz CT molecular complexity index is 665. The van der Waals surface area contributed by atoms with Gasteiger partial charge in [0.15, 0.2) is 0 Å². The van der Waals surface area contributed by atoms with Gasteiger partial charge in [-0.25, -0.2) is 0 Å². The van der Waals surface area contributed by atoms with Gasteiger partial charge < -0.3 is 10.4 Å². The number of carbonyl (C=O) groups excluding carboxylic acids is 1. The lowest BCUT2D eigenvalue weighted by molar-refractivity contribution is -0.136. The van der Waals surface area contributed by atoms with E-state index in [0.717, 1.165) is 11.1 Å². The molecule has 0 aliphatic rings. The zero-order valence-corrected chi connectivity index (χ0v) is 11.8. The number of anilines is 1. The second kappa shape index (κ2) is 6.70. The maximum absolute atomic E-state index is 12.0. The highest BCUT2D eigenvalue weighted by Crippen LogP contribution is 2.13. The largest absolute Gasteiger partial charge is 0.481 e. The highest BCUT2D eigenvalue weighted by Gasteiger charge is 2.07. The summed E-state index contributed by atoms with van der Waals surface area (Å²) >= 11 is 0. The number of aliphatic carboxylic acids is 1. The Balaban J connectivity index is 2.03. The van der Waals surface area contributed by atoms with Crippen LogP contribution in [-0.4, -0.2) is 17.0 Å². The molecule has 21 heavy (non-hydrogen) atoms. The molecule has 0 spiro atoms. The Morgan fingerprint density at radius 1 is 1.05 bits per heavy atom. The number of rotatable bonds is 5. The van der Waals surface area contributed by atoms with Crippen LogP contribution in [0.5, 0.6) is 0 Å². The second-order valence-electron chi connectivity index (χ2n) is 4.92. The smallest absolute Gasteiger partial charge is 0.307 e. The molecule has 2 rings (SSSR count). The summed E-state index contributed by atoms with van der Waals surface area (Å²) in [6.45, 7) is 1.97. The van der Waals surface area contributed by atoms with Gasteiger partial charge in [0.1, 0.15) is 0 Å². The van der Waals surface area contributed by atoms with Crippen molar-refractivity contribution < 1.29 is 14.7 Å². The molecule has 0 aliphatic carbocycles. The van der Waals surface area contributed by atoms with E-state index in [0.29, 0.717) is 17.7 Å². The predicted molar refractivity (Wildman–Crippen MR) is 81.3 cm³/mol. The molecule has 4 nitrogen and oxygen atoms in total. The molecule has 4 heteroatoms. The molecular formula is C17H17NO3. The third-order valence-electron chi connectivity index (χ3n) is 3.18. The van der Waals surface area contributed by atoms with Crippen LogP contribution in [0.3, 0.4) is 0 Å². The van der Waals surface area contributed by atoms with E-state index in [4.69, 9.17) is 5.11 Å². The SMILES string of the molecule is Cc1ccccc1CC(=O)Nc1cccc(CC(=O)O)c1. The molecule has 0 heterocycles. The number of carbonyl (C=O) groups is 2. The summed E-state index contributed by atoms with van der Waals surface area (Å²) in [5.41, 5.74) is 3.34. The van der Waals surface area contributed by atoms with Crippen molar-refractivity contribution in [2.24, 2.45) is 0 Å². The molecule has 0 fully saturated rings. The van der Waals surface area contributed by atoms with Crippen molar-refractivity contribution in [3.05, 3.63) is 65.2 Å². The van der Waals surface area contributed by atoms with E-state index in [1.165, 1.54) is 0 Å². The number of carboxylic acid groups (broad SMARTS) is 1. The summed E-state index contributed by atoms with van der Waals surface area (Å²) in [6, 6.07) is 14.6. The van der Waals surface area contributed by atoms with Gasteiger partial charge in [0.25, 0.3) is 0 Å². The molecule has 108 valence electrons. The standard InChI is InChI=1S/C17H17NO3/c1-12-5-2-3-7-14(12)11-16(19)18-15-8-4-6-13(9-15)10-17(20)21/h2-9H,10-11H2,1H3,(H,18,19)(H,20,21). The van der Waals surface area contributed by atoms with E-state index in [-0.39, 0.29) is 12.3 Å². The Kier molecular flexibility index (Phi) is 4.72. The fourth-order valence-electron chi connectivity index (χ4n) is 2.12. The van der Waals surface area contributed by atoms with Gasteiger partial charge in [-0.05, 0) is 35.7 Å². The normalized spacial score (nSPS) is 10.1. The van der Waals surface area contributed by atoms with Crippen LogP contribution in [0.25, 0.3) is 0 Å². The molecule has 0 radical (unpaired) electrons. The van der Waals surface area contributed by atoms with Crippen molar-refractivity contribution in [3.63, 3.8) is 0 Å². The molecule has 0 bridgehead atoms. The van der Waals surface area contributed by atoms with Crippen molar-refractivity contribution in [1.29, 1.82) is 0 Å². The van der Waals surface area contributed by atoms with E-state index in [9.17, 15) is 9.59 Å². The van der Waals surface area contributed by atoms with E-state index >= 15 is 0 Å². The first-order valence-corrected chi connectivity index (χ1v) is 6.69. The van der Waals surface area contributed by atoms with Crippen LogP contribution < -0.4 is 5.32 Å². The third kappa shape index (κ3) is 4.45. The van der Waals surface area contributed by atoms with E-state index in [2.05, 4.69) is 5.32 Å². The van der Waals surface area contributed by atoms with Crippen LogP contribution in [0.2, 0.25) is 0 Å². The molecular weight excluding hydrogens is 266 g/mol. The first-order chi connectivity index (χ1) is 10.0. The predicted octanol–water partition coefficient (Wildman–Crippen LogP) is 2.80. The molecule has 0 unspecified atom stereocenters. The molecule has 0 aliphatic heterocycles. The lowest BCUT2D eigenvalue weighted by atomic mass is 10.1. The highest BCUT2D eigenvalue weighted by atomic mass is 16.4. The minimum Gasteiger partial charge on any atom is -0.481 e. The number of carboxylic acids is 1. The van der Waals surface area contributed by atoms with Crippen LogP contribution in [0.1, 0.15) is 16.7 Å².